The van der Waals surface area contributed by atoms with E-state index in [0.717, 1.165) is 18.5 Å². The minimum atomic E-state index is 0.374. The molecule has 0 saturated heterocycles. The van der Waals surface area contributed by atoms with Crippen molar-refractivity contribution in [1.29, 1.82) is 0 Å². The second-order valence-corrected chi connectivity index (χ2v) is 7.40. The van der Waals surface area contributed by atoms with Crippen LogP contribution in [0.2, 0.25) is 0 Å². The average Bonchev–Trinajstić information content (AvgIpc) is 2.34. The van der Waals surface area contributed by atoms with Crippen molar-refractivity contribution >= 4 is 0 Å². The van der Waals surface area contributed by atoms with Crippen molar-refractivity contribution in [2.24, 2.45) is 17.1 Å². The Morgan fingerprint density at radius 2 is 1.72 bits per heavy atom. The molecule has 0 amide bonds. The highest BCUT2D eigenvalue weighted by Gasteiger charge is 2.28. The fourth-order valence-corrected chi connectivity index (χ4v) is 3.36. The molecule has 2 nitrogen and oxygen atoms in total. The van der Waals surface area contributed by atoms with Crippen molar-refractivity contribution < 1.29 is 0 Å². The molecule has 18 heavy (non-hydrogen) atoms. The summed E-state index contributed by atoms with van der Waals surface area (Å²) in [6, 6.07) is 1.32. The summed E-state index contributed by atoms with van der Waals surface area (Å²) in [7, 11) is 2.29. The van der Waals surface area contributed by atoms with Crippen molar-refractivity contribution in [3.05, 3.63) is 0 Å². The van der Waals surface area contributed by atoms with Crippen LogP contribution in [0.15, 0.2) is 0 Å². The lowest BCUT2D eigenvalue weighted by atomic mass is 9.82. The first-order valence-corrected chi connectivity index (χ1v) is 7.79. The standard InChI is InChI=1S/C16H34N2/c1-6-13-7-9-14(10-8-13)18(5)15(12-17)11-16(2,3)4/h13-15H,6-12,17H2,1-5H3. The Morgan fingerprint density at radius 1 is 1.17 bits per heavy atom. The summed E-state index contributed by atoms with van der Waals surface area (Å²) in [5.74, 6) is 0.980. The first-order valence-electron chi connectivity index (χ1n) is 7.79. The molecule has 0 aromatic rings. The normalized spacial score (nSPS) is 27.5. The molecule has 0 aromatic heterocycles. The van der Waals surface area contributed by atoms with Gasteiger partial charge in [0.05, 0.1) is 0 Å². The third kappa shape index (κ3) is 4.89. The van der Waals surface area contributed by atoms with Gasteiger partial charge in [0.15, 0.2) is 0 Å². The zero-order valence-corrected chi connectivity index (χ0v) is 13.2. The predicted molar refractivity (Wildman–Crippen MR) is 80.7 cm³/mol. The Kier molecular flexibility index (Phi) is 6.13. The predicted octanol–water partition coefficient (Wildman–Crippen LogP) is 3.65. The van der Waals surface area contributed by atoms with E-state index >= 15 is 0 Å². The molecule has 1 saturated carbocycles. The third-order valence-corrected chi connectivity index (χ3v) is 4.67. The van der Waals surface area contributed by atoms with Gasteiger partial charge in [-0.25, -0.2) is 0 Å². The van der Waals surface area contributed by atoms with E-state index in [0.29, 0.717) is 11.5 Å². The van der Waals surface area contributed by atoms with E-state index in [1.54, 1.807) is 0 Å². The molecule has 108 valence electrons. The van der Waals surface area contributed by atoms with Crippen LogP contribution in [-0.2, 0) is 0 Å². The maximum absolute atomic E-state index is 6.00. The molecule has 0 spiro atoms. The van der Waals surface area contributed by atoms with Gasteiger partial charge in [0.1, 0.15) is 0 Å². The van der Waals surface area contributed by atoms with Gasteiger partial charge in [0, 0.05) is 18.6 Å². The monoisotopic (exact) mass is 254 g/mol. The van der Waals surface area contributed by atoms with E-state index in [4.69, 9.17) is 5.73 Å². The van der Waals surface area contributed by atoms with E-state index in [2.05, 4.69) is 39.6 Å². The van der Waals surface area contributed by atoms with Gasteiger partial charge in [-0.1, -0.05) is 34.1 Å². The number of nitrogens with two attached hydrogens (primary N) is 1. The third-order valence-electron chi connectivity index (χ3n) is 4.67. The molecule has 1 aliphatic carbocycles. The van der Waals surface area contributed by atoms with E-state index in [9.17, 15) is 0 Å². The van der Waals surface area contributed by atoms with Gasteiger partial charge in [-0.05, 0) is 50.5 Å². The topological polar surface area (TPSA) is 29.3 Å². The van der Waals surface area contributed by atoms with Crippen LogP contribution < -0.4 is 5.73 Å². The van der Waals surface area contributed by atoms with Gasteiger partial charge in [-0.15, -0.1) is 0 Å². The van der Waals surface area contributed by atoms with Crippen molar-refractivity contribution in [3.8, 4) is 0 Å². The van der Waals surface area contributed by atoms with Crippen LogP contribution in [0.4, 0.5) is 0 Å². The summed E-state index contributed by atoms with van der Waals surface area (Å²) < 4.78 is 0. The lowest BCUT2D eigenvalue weighted by molar-refractivity contribution is 0.0973. The molecule has 0 aliphatic heterocycles. The van der Waals surface area contributed by atoms with Crippen LogP contribution >= 0.6 is 0 Å². The Morgan fingerprint density at radius 3 is 2.11 bits per heavy atom. The Bertz CT molecular complexity index is 224. The van der Waals surface area contributed by atoms with E-state index < -0.39 is 0 Å². The van der Waals surface area contributed by atoms with Gasteiger partial charge in [-0.3, -0.25) is 4.90 Å². The fourth-order valence-electron chi connectivity index (χ4n) is 3.36. The highest BCUT2D eigenvalue weighted by atomic mass is 15.2. The molecule has 1 unspecified atom stereocenters. The van der Waals surface area contributed by atoms with Crippen molar-refractivity contribution in [2.45, 2.75) is 78.3 Å². The summed E-state index contributed by atoms with van der Waals surface area (Å²) in [6.45, 7) is 10.1. The highest BCUT2D eigenvalue weighted by molar-refractivity contribution is 4.84. The van der Waals surface area contributed by atoms with Crippen molar-refractivity contribution in [2.75, 3.05) is 13.6 Å². The molecule has 0 radical (unpaired) electrons. The second-order valence-electron chi connectivity index (χ2n) is 7.40. The summed E-state index contributed by atoms with van der Waals surface area (Å²) in [6.07, 6.45) is 8.13. The number of hydrogen-bond acceptors (Lipinski definition) is 2. The average molecular weight is 254 g/mol. The first-order chi connectivity index (χ1) is 8.37. The van der Waals surface area contributed by atoms with Crippen LogP contribution in [0.5, 0.6) is 0 Å². The fraction of sp³-hybridized carbons (Fsp3) is 1.00. The molecule has 0 aromatic carbocycles. The smallest absolute Gasteiger partial charge is 0.0223 e. The van der Waals surface area contributed by atoms with Crippen molar-refractivity contribution in [3.63, 3.8) is 0 Å². The van der Waals surface area contributed by atoms with Gasteiger partial charge in [0.2, 0.25) is 0 Å². The summed E-state index contributed by atoms with van der Waals surface area (Å²) in [4.78, 5) is 2.58. The van der Waals surface area contributed by atoms with Gasteiger partial charge < -0.3 is 5.73 Å². The van der Waals surface area contributed by atoms with E-state index in [1.807, 2.05) is 0 Å². The summed E-state index contributed by atoms with van der Waals surface area (Å²) in [5.41, 5.74) is 6.37. The zero-order chi connectivity index (χ0) is 13.8. The van der Waals surface area contributed by atoms with Crippen LogP contribution in [0.25, 0.3) is 0 Å². The molecule has 0 heterocycles. The minimum absolute atomic E-state index is 0.374. The largest absolute Gasteiger partial charge is 0.329 e. The zero-order valence-electron chi connectivity index (χ0n) is 13.2. The summed E-state index contributed by atoms with van der Waals surface area (Å²) >= 11 is 0. The maximum Gasteiger partial charge on any atom is 0.0223 e. The molecule has 1 rings (SSSR count). The van der Waals surface area contributed by atoms with Crippen LogP contribution in [0, 0.1) is 11.3 Å². The molecule has 2 N–H and O–H groups in total. The SMILES string of the molecule is CCC1CCC(N(C)C(CN)CC(C)(C)C)CC1. The Labute approximate surface area is 114 Å². The summed E-state index contributed by atoms with van der Waals surface area (Å²) in [5, 5.41) is 0. The molecule has 1 fully saturated rings. The molecular weight excluding hydrogens is 220 g/mol. The minimum Gasteiger partial charge on any atom is -0.329 e. The molecule has 1 atom stereocenters. The first kappa shape index (κ1) is 16.0. The molecule has 1 aliphatic rings. The van der Waals surface area contributed by atoms with E-state index in [-0.39, 0.29) is 0 Å². The molecule has 0 bridgehead atoms. The number of rotatable bonds is 5. The lowest BCUT2D eigenvalue weighted by Crippen LogP contribution is -2.47. The Balaban J connectivity index is 2.49. The highest BCUT2D eigenvalue weighted by Crippen LogP contribution is 2.31. The second kappa shape index (κ2) is 6.91. The maximum atomic E-state index is 6.00. The number of hydrogen-bond donors (Lipinski definition) is 1. The Hall–Kier alpha value is -0.0800. The van der Waals surface area contributed by atoms with Crippen molar-refractivity contribution in [1.82, 2.24) is 4.90 Å². The molecular formula is C16H34N2. The van der Waals surface area contributed by atoms with Gasteiger partial charge >= 0.3 is 0 Å². The van der Waals surface area contributed by atoms with Crippen LogP contribution in [0.3, 0.4) is 0 Å². The van der Waals surface area contributed by atoms with Gasteiger partial charge in [0.25, 0.3) is 0 Å². The van der Waals surface area contributed by atoms with Crippen LogP contribution in [0.1, 0.15) is 66.2 Å². The van der Waals surface area contributed by atoms with Crippen LogP contribution in [-0.4, -0.2) is 30.6 Å². The van der Waals surface area contributed by atoms with Gasteiger partial charge in [-0.2, -0.15) is 0 Å². The quantitative estimate of drug-likeness (QED) is 0.811. The lowest BCUT2D eigenvalue weighted by Gasteiger charge is -2.40. The number of nitrogens with zero attached hydrogens (tertiary/aromatic N) is 1. The molecule has 2 heteroatoms. The van der Waals surface area contributed by atoms with E-state index in [1.165, 1.54) is 38.5 Å². The number of likely N-dealkylation sites (N-methyl/N-ethyl adjacent to an activating group) is 1.